The third-order valence-electron chi connectivity index (χ3n) is 5.39. The van der Waals surface area contributed by atoms with E-state index in [1.165, 1.54) is 0 Å². The quantitative estimate of drug-likeness (QED) is 0.567. The molecular weight excluding hydrogens is 378 g/mol. The van der Waals surface area contributed by atoms with Crippen LogP contribution in [-0.2, 0) is 0 Å². The Balaban J connectivity index is 1.26. The molecule has 8 heteroatoms. The van der Waals surface area contributed by atoms with Crippen LogP contribution in [0.4, 0.5) is 5.82 Å². The Kier molecular flexibility index (Phi) is 4.80. The van der Waals surface area contributed by atoms with Gasteiger partial charge in [0.05, 0.1) is 11.8 Å². The molecule has 1 fully saturated rings. The largest absolute Gasteiger partial charge is 0.355 e. The van der Waals surface area contributed by atoms with Gasteiger partial charge in [0.2, 0.25) is 0 Å². The van der Waals surface area contributed by atoms with Crippen LogP contribution in [0.15, 0.2) is 67.5 Å². The number of aromatic nitrogens is 5. The van der Waals surface area contributed by atoms with Gasteiger partial charge in [-0.1, -0.05) is 18.2 Å². The van der Waals surface area contributed by atoms with E-state index in [0.717, 1.165) is 43.1 Å². The minimum absolute atomic E-state index is 0.114. The van der Waals surface area contributed by atoms with Gasteiger partial charge in [0.25, 0.3) is 5.91 Å². The summed E-state index contributed by atoms with van der Waals surface area (Å²) in [5.41, 5.74) is 2.94. The van der Waals surface area contributed by atoms with E-state index >= 15 is 0 Å². The van der Waals surface area contributed by atoms with Gasteiger partial charge in [0, 0.05) is 43.4 Å². The molecule has 1 amide bonds. The second-order valence-corrected chi connectivity index (χ2v) is 7.32. The van der Waals surface area contributed by atoms with E-state index in [1.54, 1.807) is 37.2 Å². The molecule has 3 aromatic heterocycles. The lowest BCUT2D eigenvalue weighted by molar-refractivity contribution is 0.0931. The van der Waals surface area contributed by atoms with Crippen molar-refractivity contribution in [2.75, 3.05) is 18.0 Å². The topological polar surface area (TPSA) is 88.8 Å². The van der Waals surface area contributed by atoms with Crippen molar-refractivity contribution in [3.63, 3.8) is 0 Å². The van der Waals surface area contributed by atoms with Crippen LogP contribution in [-0.4, -0.2) is 49.5 Å². The zero-order valence-electron chi connectivity index (χ0n) is 16.3. The van der Waals surface area contributed by atoms with Gasteiger partial charge in [0.1, 0.15) is 17.7 Å². The Morgan fingerprint density at radius 1 is 1.00 bits per heavy atom. The first-order valence-electron chi connectivity index (χ1n) is 9.98. The van der Waals surface area contributed by atoms with Crippen molar-refractivity contribution in [2.24, 2.45) is 0 Å². The highest BCUT2D eigenvalue weighted by molar-refractivity contribution is 5.96. The number of para-hydroxylation sites is 1. The van der Waals surface area contributed by atoms with Gasteiger partial charge in [-0.15, -0.1) is 0 Å². The Bertz CT molecular complexity index is 1150. The molecule has 1 saturated heterocycles. The molecular formula is C22H21N7O. The summed E-state index contributed by atoms with van der Waals surface area (Å²) in [6, 6.07) is 11.8. The lowest BCUT2D eigenvalue weighted by atomic mass is 10.0. The molecule has 0 saturated carbocycles. The summed E-state index contributed by atoms with van der Waals surface area (Å²) in [6.07, 6.45) is 10.2. The van der Waals surface area contributed by atoms with Gasteiger partial charge in [0.15, 0.2) is 5.65 Å². The monoisotopic (exact) mass is 399 g/mol. The number of fused-ring (bicyclic) bond motifs is 1. The highest BCUT2D eigenvalue weighted by atomic mass is 16.1. The van der Waals surface area contributed by atoms with Gasteiger partial charge in [-0.25, -0.2) is 15.0 Å². The first kappa shape index (κ1) is 18.2. The highest BCUT2D eigenvalue weighted by Gasteiger charge is 2.22. The molecule has 0 unspecified atom stereocenters. The fourth-order valence-corrected chi connectivity index (χ4v) is 3.78. The number of pyridine rings is 1. The molecule has 0 radical (unpaired) electrons. The number of benzene rings is 1. The molecule has 5 rings (SSSR count). The summed E-state index contributed by atoms with van der Waals surface area (Å²) >= 11 is 0. The van der Waals surface area contributed by atoms with Crippen LogP contribution in [0.1, 0.15) is 23.2 Å². The molecule has 1 N–H and O–H groups in total. The number of nitrogens with zero attached hydrogens (tertiary/aromatic N) is 6. The number of anilines is 1. The molecule has 4 heterocycles. The Labute approximate surface area is 173 Å². The number of rotatable bonds is 4. The third-order valence-corrected chi connectivity index (χ3v) is 5.39. The fourth-order valence-electron chi connectivity index (χ4n) is 3.78. The highest BCUT2D eigenvalue weighted by Crippen LogP contribution is 2.19. The number of carbonyl (C=O) groups is 1. The van der Waals surface area contributed by atoms with Crippen LogP contribution in [0.2, 0.25) is 0 Å². The second-order valence-electron chi connectivity index (χ2n) is 7.32. The molecule has 8 nitrogen and oxygen atoms in total. The zero-order chi connectivity index (χ0) is 20.3. The molecule has 0 aliphatic carbocycles. The van der Waals surface area contributed by atoms with E-state index in [2.05, 4.69) is 30.2 Å². The number of amides is 1. The zero-order valence-corrected chi connectivity index (χ0v) is 16.3. The molecule has 30 heavy (non-hydrogen) atoms. The van der Waals surface area contributed by atoms with Crippen molar-refractivity contribution < 1.29 is 4.79 Å². The molecule has 0 atom stereocenters. The molecule has 1 aliphatic heterocycles. The van der Waals surface area contributed by atoms with Gasteiger partial charge in [-0.05, 0) is 31.0 Å². The maximum absolute atomic E-state index is 12.8. The average Bonchev–Trinajstić information content (AvgIpc) is 3.24. The summed E-state index contributed by atoms with van der Waals surface area (Å²) in [7, 11) is 0. The maximum Gasteiger partial charge on any atom is 0.253 e. The van der Waals surface area contributed by atoms with Crippen molar-refractivity contribution >= 4 is 22.9 Å². The van der Waals surface area contributed by atoms with E-state index in [-0.39, 0.29) is 11.9 Å². The standard InChI is InChI=1S/C22H21N7O/c30-22(27-17-6-10-28(11-7-17)20-14-23-8-9-24-20)16-12-19-21(25-13-16)29(15-26-19)18-4-2-1-3-5-18/h1-5,8-9,12-15,17H,6-7,10-11H2,(H,27,30). The minimum Gasteiger partial charge on any atom is -0.355 e. The van der Waals surface area contributed by atoms with Crippen molar-refractivity contribution in [1.82, 2.24) is 29.8 Å². The first-order chi connectivity index (χ1) is 14.8. The maximum atomic E-state index is 12.8. The lowest BCUT2D eigenvalue weighted by Gasteiger charge is -2.32. The normalized spacial score (nSPS) is 14.7. The molecule has 1 aromatic carbocycles. The van der Waals surface area contributed by atoms with E-state index in [0.29, 0.717) is 11.1 Å². The number of piperidine rings is 1. The van der Waals surface area contributed by atoms with Crippen LogP contribution >= 0.6 is 0 Å². The number of imidazole rings is 1. The van der Waals surface area contributed by atoms with Crippen LogP contribution in [0, 0.1) is 0 Å². The van der Waals surface area contributed by atoms with Gasteiger partial charge < -0.3 is 10.2 Å². The minimum atomic E-state index is -0.114. The van der Waals surface area contributed by atoms with Crippen LogP contribution < -0.4 is 10.2 Å². The predicted molar refractivity (Wildman–Crippen MR) is 114 cm³/mol. The van der Waals surface area contributed by atoms with Crippen LogP contribution in [0.3, 0.4) is 0 Å². The number of nitrogens with one attached hydrogen (secondary N) is 1. The van der Waals surface area contributed by atoms with Gasteiger partial charge in [-0.3, -0.25) is 14.3 Å². The summed E-state index contributed by atoms with van der Waals surface area (Å²) in [4.78, 5) is 32.4. The predicted octanol–water partition coefficient (Wildman–Crippen LogP) is 2.61. The Morgan fingerprint density at radius 2 is 1.83 bits per heavy atom. The lowest BCUT2D eigenvalue weighted by Crippen LogP contribution is -2.45. The first-order valence-corrected chi connectivity index (χ1v) is 9.98. The third kappa shape index (κ3) is 3.59. The van der Waals surface area contributed by atoms with E-state index in [9.17, 15) is 4.79 Å². The fraction of sp³-hybridized carbons (Fsp3) is 0.227. The molecule has 0 bridgehead atoms. The summed E-state index contributed by atoms with van der Waals surface area (Å²) in [6.45, 7) is 1.67. The SMILES string of the molecule is O=C(NC1CCN(c2cnccn2)CC1)c1cnc2c(c1)ncn2-c1ccccc1. The number of carbonyl (C=O) groups excluding carboxylic acids is 1. The molecule has 4 aromatic rings. The molecule has 150 valence electrons. The van der Waals surface area contributed by atoms with E-state index in [1.807, 2.05) is 34.9 Å². The summed E-state index contributed by atoms with van der Waals surface area (Å²) in [5, 5.41) is 3.13. The van der Waals surface area contributed by atoms with Crippen LogP contribution in [0.5, 0.6) is 0 Å². The van der Waals surface area contributed by atoms with Crippen LogP contribution in [0.25, 0.3) is 16.9 Å². The molecule has 1 aliphatic rings. The summed E-state index contributed by atoms with van der Waals surface area (Å²) in [5.74, 6) is 0.766. The second kappa shape index (κ2) is 7.90. The number of hydrogen-bond donors (Lipinski definition) is 1. The number of hydrogen-bond acceptors (Lipinski definition) is 6. The summed E-state index contributed by atoms with van der Waals surface area (Å²) < 4.78 is 1.92. The molecule has 0 spiro atoms. The van der Waals surface area contributed by atoms with Crippen molar-refractivity contribution in [2.45, 2.75) is 18.9 Å². The van der Waals surface area contributed by atoms with Gasteiger partial charge in [-0.2, -0.15) is 0 Å². The van der Waals surface area contributed by atoms with Crippen molar-refractivity contribution in [3.8, 4) is 5.69 Å². The Morgan fingerprint density at radius 3 is 2.60 bits per heavy atom. The average molecular weight is 399 g/mol. The smallest absolute Gasteiger partial charge is 0.253 e. The van der Waals surface area contributed by atoms with Crippen molar-refractivity contribution in [1.29, 1.82) is 0 Å². The van der Waals surface area contributed by atoms with Gasteiger partial charge >= 0.3 is 0 Å². The van der Waals surface area contributed by atoms with E-state index < -0.39 is 0 Å². The Hall–Kier alpha value is -3.81. The van der Waals surface area contributed by atoms with Crippen molar-refractivity contribution in [3.05, 3.63) is 73.1 Å². The van der Waals surface area contributed by atoms with E-state index in [4.69, 9.17) is 0 Å².